The second kappa shape index (κ2) is 8.58. The third-order valence-corrected chi connectivity index (χ3v) is 10.4. The Kier molecular flexibility index (Phi) is 6.39. The molecule has 0 unspecified atom stereocenters. The number of fused-ring (bicyclic) bond motifs is 5. The Balaban J connectivity index is 1.40. The summed E-state index contributed by atoms with van der Waals surface area (Å²) in [6.07, 6.45) is 14.9. The molecule has 0 aromatic heterocycles. The monoisotopic (exact) mass is 416 g/mol. The van der Waals surface area contributed by atoms with E-state index in [1.807, 2.05) is 6.92 Å². The van der Waals surface area contributed by atoms with E-state index >= 15 is 0 Å². The molecule has 0 bridgehead atoms. The normalized spacial score (nSPS) is 45.2. The first-order valence-corrected chi connectivity index (χ1v) is 13.0. The summed E-state index contributed by atoms with van der Waals surface area (Å²) in [5, 5.41) is 0. The van der Waals surface area contributed by atoms with Crippen LogP contribution in [0.25, 0.3) is 0 Å². The molecule has 0 saturated heterocycles. The number of hydrogen-bond donors (Lipinski definition) is 0. The van der Waals surface area contributed by atoms with Gasteiger partial charge >= 0.3 is 5.97 Å². The Labute approximate surface area is 184 Å². The van der Waals surface area contributed by atoms with E-state index < -0.39 is 0 Å². The molecule has 0 spiro atoms. The summed E-state index contributed by atoms with van der Waals surface area (Å²) >= 11 is 0. The fourth-order valence-electron chi connectivity index (χ4n) is 8.76. The van der Waals surface area contributed by atoms with E-state index in [9.17, 15) is 9.59 Å². The zero-order valence-electron chi connectivity index (χ0n) is 19.9. The van der Waals surface area contributed by atoms with Crippen LogP contribution in [0.3, 0.4) is 0 Å². The molecule has 0 radical (unpaired) electrons. The molecule has 30 heavy (non-hydrogen) atoms. The largest absolute Gasteiger partial charge is 0.462 e. The molecule has 0 N–H and O–H groups in total. The quantitative estimate of drug-likeness (QED) is 0.356. The van der Waals surface area contributed by atoms with Crippen LogP contribution in [0.1, 0.15) is 111 Å². The minimum absolute atomic E-state index is 0.0282. The van der Waals surface area contributed by atoms with Crippen LogP contribution in [-0.4, -0.2) is 17.9 Å². The van der Waals surface area contributed by atoms with E-state index in [-0.39, 0.29) is 17.5 Å². The highest BCUT2D eigenvalue weighted by atomic mass is 16.5. The number of ketones is 1. The van der Waals surface area contributed by atoms with Crippen LogP contribution in [-0.2, 0) is 14.3 Å². The van der Waals surface area contributed by atoms with Crippen molar-refractivity contribution < 1.29 is 14.3 Å². The summed E-state index contributed by atoms with van der Waals surface area (Å²) in [4.78, 5) is 24.6. The maximum Gasteiger partial charge on any atom is 0.306 e. The van der Waals surface area contributed by atoms with Crippen molar-refractivity contribution in [3.63, 3.8) is 0 Å². The number of ether oxygens (including phenoxy) is 1. The topological polar surface area (TPSA) is 43.4 Å². The van der Waals surface area contributed by atoms with Gasteiger partial charge in [0.2, 0.25) is 0 Å². The number of carbonyl (C=O) groups is 2. The van der Waals surface area contributed by atoms with Crippen LogP contribution >= 0.6 is 0 Å². The summed E-state index contributed by atoms with van der Waals surface area (Å²) in [6, 6.07) is 0. The van der Waals surface area contributed by atoms with Crippen molar-refractivity contribution in [3.05, 3.63) is 0 Å². The number of esters is 1. The lowest BCUT2D eigenvalue weighted by atomic mass is 9.44. The third kappa shape index (κ3) is 3.77. The Bertz CT molecular complexity index is 656. The van der Waals surface area contributed by atoms with Crippen LogP contribution in [0.5, 0.6) is 0 Å². The van der Waals surface area contributed by atoms with Gasteiger partial charge < -0.3 is 4.74 Å². The van der Waals surface area contributed by atoms with Crippen molar-refractivity contribution in [1.82, 2.24) is 0 Å². The van der Waals surface area contributed by atoms with Crippen LogP contribution in [0.15, 0.2) is 0 Å². The average Bonchev–Trinajstić information content (AvgIpc) is 3.06. The fraction of sp³-hybridized carbons (Fsp3) is 0.926. The van der Waals surface area contributed by atoms with Crippen molar-refractivity contribution in [1.29, 1.82) is 0 Å². The Morgan fingerprint density at radius 2 is 1.63 bits per heavy atom. The molecule has 0 amide bonds. The maximum absolute atomic E-state index is 12.3. The number of hydrogen-bond acceptors (Lipinski definition) is 3. The molecule has 4 saturated carbocycles. The van der Waals surface area contributed by atoms with Gasteiger partial charge in [0.05, 0.1) is 0 Å². The van der Waals surface area contributed by atoms with Gasteiger partial charge in [-0.1, -0.05) is 33.6 Å². The standard InChI is InChI=1S/C27H44O3/c1-5-6-7-8-25(29)30-20-13-15-26(3)19(17-20)9-10-21-23-12-11-22(18(2)28)27(23,4)16-14-24(21)26/h19-24H,5-17H2,1-4H3/t19-,20+,21-,22+,23-,24-,26-,27+/m0/s1. The first-order chi connectivity index (χ1) is 14.3. The molecule has 3 nitrogen and oxygen atoms in total. The molecule has 4 rings (SSSR count). The predicted molar refractivity (Wildman–Crippen MR) is 120 cm³/mol. The second-order valence-electron chi connectivity index (χ2n) is 11.8. The summed E-state index contributed by atoms with van der Waals surface area (Å²) < 4.78 is 5.92. The lowest BCUT2D eigenvalue weighted by molar-refractivity contribution is -0.163. The molecule has 4 fully saturated rings. The molecule has 0 aromatic rings. The summed E-state index contributed by atoms with van der Waals surface area (Å²) in [5.74, 6) is 3.83. The van der Waals surface area contributed by atoms with Gasteiger partial charge in [-0.25, -0.2) is 0 Å². The number of rotatable bonds is 6. The summed E-state index contributed by atoms with van der Waals surface area (Å²) in [7, 11) is 0. The van der Waals surface area contributed by atoms with Crippen LogP contribution in [0, 0.1) is 40.4 Å². The average molecular weight is 417 g/mol. The molecule has 8 atom stereocenters. The van der Waals surface area contributed by atoms with E-state index in [4.69, 9.17) is 4.74 Å². The Hall–Kier alpha value is -0.860. The van der Waals surface area contributed by atoms with Gasteiger partial charge in [0.25, 0.3) is 0 Å². The molecule has 0 aromatic carbocycles. The lowest BCUT2D eigenvalue weighted by Crippen LogP contribution is -2.54. The van der Waals surface area contributed by atoms with Gasteiger partial charge in [-0.3, -0.25) is 9.59 Å². The first kappa shape index (κ1) is 22.3. The van der Waals surface area contributed by atoms with Crippen molar-refractivity contribution in [3.8, 4) is 0 Å². The van der Waals surface area contributed by atoms with Gasteiger partial charge in [0.15, 0.2) is 0 Å². The highest BCUT2D eigenvalue weighted by Crippen LogP contribution is 2.67. The highest BCUT2D eigenvalue weighted by molar-refractivity contribution is 5.79. The molecular weight excluding hydrogens is 372 g/mol. The van der Waals surface area contributed by atoms with Crippen molar-refractivity contribution in [2.24, 2.45) is 40.4 Å². The molecule has 4 aliphatic rings. The molecule has 0 aliphatic heterocycles. The first-order valence-electron chi connectivity index (χ1n) is 13.0. The number of Topliss-reactive ketones (excluding diaryl/α,β-unsaturated/α-hetero) is 1. The SMILES string of the molecule is CCCCCC(=O)O[C@@H]1CC[C@@]2(C)[C@@H](CC[C@@H]3[C@@H]2CC[C@]2(C)[C@@H](C(C)=O)CC[C@@H]32)C1. The zero-order valence-corrected chi connectivity index (χ0v) is 19.9. The minimum atomic E-state index is 0.0282. The van der Waals surface area contributed by atoms with Gasteiger partial charge in [0.1, 0.15) is 11.9 Å². The number of unbranched alkanes of at least 4 members (excludes halogenated alkanes) is 2. The molecular formula is C27H44O3. The maximum atomic E-state index is 12.3. The van der Waals surface area contributed by atoms with Crippen molar-refractivity contribution in [2.45, 2.75) is 117 Å². The van der Waals surface area contributed by atoms with E-state index in [1.54, 1.807) is 0 Å². The van der Waals surface area contributed by atoms with Crippen molar-refractivity contribution >= 4 is 11.8 Å². The lowest BCUT2D eigenvalue weighted by Gasteiger charge is -2.61. The molecule has 4 aliphatic carbocycles. The van der Waals surface area contributed by atoms with Gasteiger partial charge in [-0.05, 0) is 106 Å². The van der Waals surface area contributed by atoms with E-state index in [0.717, 1.165) is 56.3 Å². The van der Waals surface area contributed by atoms with Crippen molar-refractivity contribution in [2.75, 3.05) is 0 Å². The summed E-state index contributed by atoms with van der Waals surface area (Å²) in [6.45, 7) is 9.00. The Morgan fingerprint density at radius 3 is 2.37 bits per heavy atom. The second-order valence-corrected chi connectivity index (χ2v) is 11.8. The molecule has 170 valence electrons. The van der Waals surface area contributed by atoms with Crippen LogP contribution in [0.2, 0.25) is 0 Å². The zero-order chi connectivity index (χ0) is 21.5. The van der Waals surface area contributed by atoms with E-state index in [2.05, 4.69) is 20.8 Å². The smallest absolute Gasteiger partial charge is 0.306 e. The fourth-order valence-corrected chi connectivity index (χ4v) is 8.76. The van der Waals surface area contributed by atoms with E-state index in [1.165, 1.54) is 38.5 Å². The highest BCUT2D eigenvalue weighted by Gasteiger charge is 2.60. The van der Waals surface area contributed by atoms with Crippen LogP contribution in [0.4, 0.5) is 0 Å². The van der Waals surface area contributed by atoms with Gasteiger partial charge in [0, 0.05) is 12.3 Å². The third-order valence-electron chi connectivity index (χ3n) is 10.4. The van der Waals surface area contributed by atoms with E-state index in [0.29, 0.717) is 29.5 Å². The minimum Gasteiger partial charge on any atom is -0.462 e. The Morgan fingerprint density at radius 1 is 0.900 bits per heavy atom. The summed E-state index contributed by atoms with van der Waals surface area (Å²) in [5.41, 5.74) is 0.658. The predicted octanol–water partition coefficient (Wildman–Crippen LogP) is 6.73. The number of carbonyl (C=O) groups excluding carboxylic acids is 2. The molecule has 3 heteroatoms. The van der Waals surface area contributed by atoms with Crippen LogP contribution < -0.4 is 0 Å². The molecule has 0 heterocycles. The van der Waals surface area contributed by atoms with Gasteiger partial charge in [-0.2, -0.15) is 0 Å². The van der Waals surface area contributed by atoms with Gasteiger partial charge in [-0.15, -0.1) is 0 Å².